The van der Waals surface area contributed by atoms with Crippen molar-refractivity contribution in [1.82, 2.24) is 10.3 Å². The van der Waals surface area contributed by atoms with Gasteiger partial charge in [0.05, 0.1) is 6.04 Å². The molecular formula is C14H16ClN3. The van der Waals surface area contributed by atoms with E-state index in [9.17, 15) is 0 Å². The molecule has 1 aromatic carbocycles. The van der Waals surface area contributed by atoms with E-state index in [2.05, 4.69) is 10.3 Å². The van der Waals surface area contributed by atoms with E-state index in [1.54, 1.807) is 6.20 Å². The highest BCUT2D eigenvalue weighted by Gasteiger charge is 2.17. The van der Waals surface area contributed by atoms with E-state index < -0.39 is 0 Å². The highest BCUT2D eigenvalue weighted by molar-refractivity contribution is 6.31. The van der Waals surface area contributed by atoms with Gasteiger partial charge in [-0.25, -0.2) is 4.98 Å². The van der Waals surface area contributed by atoms with E-state index >= 15 is 0 Å². The van der Waals surface area contributed by atoms with E-state index in [1.807, 2.05) is 44.3 Å². The van der Waals surface area contributed by atoms with Crippen molar-refractivity contribution in [2.75, 3.05) is 12.8 Å². The average Bonchev–Trinajstić information content (AvgIpc) is 2.36. The lowest BCUT2D eigenvalue weighted by molar-refractivity contribution is 0.691. The van der Waals surface area contributed by atoms with Crippen LogP contribution in [-0.4, -0.2) is 12.0 Å². The minimum Gasteiger partial charge on any atom is -0.383 e. The molecule has 1 atom stereocenters. The number of nitrogens with one attached hydrogen (secondary N) is 1. The summed E-state index contributed by atoms with van der Waals surface area (Å²) >= 11 is 6.24. The third-order valence-corrected chi connectivity index (χ3v) is 3.25. The van der Waals surface area contributed by atoms with E-state index in [4.69, 9.17) is 17.3 Å². The van der Waals surface area contributed by atoms with Crippen molar-refractivity contribution in [3.05, 3.63) is 58.2 Å². The Labute approximate surface area is 112 Å². The Bertz CT molecular complexity index is 554. The fourth-order valence-electron chi connectivity index (χ4n) is 2.02. The second-order valence-corrected chi connectivity index (χ2v) is 4.64. The Morgan fingerprint density at radius 1 is 1.28 bits per heavy atom. The van der Waals surface area contributed by atoms with Gasteiger partial charge in [0.1, 0.15) is 5.82 Å². The molecule has 0 bridgehead atoms. The number of hydrogen-bond acceptors (Lipinski definition) is 3. The summed E-state index contributed by atoms with van der Waals surface area (Å²) in [7, 11) is 1.88. The third kappa shape index (κ3) is 2.47. The topological polar surface area (TPSA) is 50.9 Å². The van der Waals surface area contributed by atoms with Gasteiger partial charge in [-0.3, -0.25) is 0 Å². The predicted molar refractivity (Wildman–Crippen MR) is 75.7 cm³/mol. The van der Waals surface area contributed by atoms with E-state index in [0.717, 1.165) is 21.7 Å². The number of aryl methyl sites for hydroxylation is 1. The molecule has 3 N–H and O–H groups in total. The van der Waals surface area contributed by atoms with Gasteiger partial charge in [-0.1, -0.05) is 29.8 Å². The molecule has 94 valence electrons. The maximum atomic E-state index is 6.24. The minimum absolute atomic E-state index is 0.0499. The lowest BCUT2D eigenvalue weighted by atomic mass is 9.98. The number of benzene rings is 1. The van der Waals surface area contributed by atoms with E-state index in [0.29, 0.717) is 5.82 Å². The quantitative estimate of drug-likeness (QED) is 0.893. The number of halogens is 1. The van der Waals surface area contributed by atoms with Crippen molar-refractivity contribution in [2.24, 2.45) is 0 Å². The van der Waals surface area contributed by atoms with Crippen LogP contribution in [0.25, 0.3) is 0 Å². The fraction of sp³-hybridized carbons (Fsp3) is 0.214. The number of nitrogens with zero attached hydrogens (tertiary/aromatic N) is 1. The standard InChI is InChI=1S/C14H16ClN3/c1-9-7-11(14(16)18-8-9)13(17-2)10-5-3-4-6-12(10)15/h3-8,13,17H,1-2H3,(H2,16,18). The summed E-state index contributed by atoms with van der Waals surface area (Å²) < 4.78 is 0. The number of nitrogens with two attached hydrogens (primary N) is 1. The molecule has 0 amide bonds. The van der Waals surface area contributed by atoms with Gasteiger partial charge in [-0.15, -0.1) is 0 Å². The fourth-order valence-corrected chi connectivity index (χ4v) is 2.27. The Morgan fingerprint density at radius 2 is 2.00 bits per heavy atom. The molecule has 0 aliphatic heterocycles. The molecule has 0 saturated heterocycles. The lowest BCUT2D eigenvalue weighted by Crippen LogP contribution is -2.20. The van der Waals surface area contributed by atoms with Crippen LogP contribution < -0.4 is 11.1 Å². The van der Waals surface area contributed by atoms with Crippen molar-refractivity contribution >= 4 is 17.4 Å². The molecule has 0 aliphatic carbocycles. The summed E-state index contributed by atoms with van der Waals surface area (Å²) in [6.45, 7) is 2.00. The molecule has 0 spiro atoms. The van der Waals surface area contributed by atoms with Crippen LogP contribution in [0.5, 0.6) is 0 Å². The monoisotopic (exact) mass is 261 g/mol. The number of pyridine rings is 1. The van der Waals surface area contributed by atoms with Gasteiger partial charge in [0.2, 0.25) is 0 Å². The van der Waals surface area contributed by atoms with Crippen molar-refractivity contribution in [3.63, 3.8) is 0 Å². The predicted octanol–water partition coefficient (Wildman–Crippen LogP) is 2.93. The normalized spacial score (nSPS) is 12.4. The number of aromatic nitrogens is 1. The molecule has 0 saturated carbocycles. The Balaban J connectivity index is 2.52. The Kier molecular flexibility index (Phi) is 3.84. The van der Waals surface area contributed by atoms with Gasteiger partial charge in [0.15, 0.2) is 0 Å². The van der Waals surface area contributed by atoms with Crippen LogP contribution >= 0.6 is 11.6 Å². The summed E-state index contributed by atoms with van der Waals surface area (Å²) in [6, 6.07) is 9.73. The summed E-state index contributed by atoms with van der Waals surface area (Å²) in [5.41, 5.74) is 8.98. The number of anilines is 1. The first kappa shape index (κ1) is 12.9. The molecule has 18 heavy (non-hydrogen) atoms. The van der Waals surface area contributed by atoms with Crippen LogP contribution in [-0.2, 0) is 0 Å². The molecule has 0 radical (unpaired) electrons. The van der Waals surface area contributed by atoms with E-state index in [-0.39, 0.29) is 6.04 Å². The molecule has 3 nitrogen and oxygen atoms in total. The maximum absolute atomic E-state index is 6.24. The highest BCUT2D eigenvalue weighted by atomic mass is 35.5. The first-order chi connectivity index (χ1) is 8.63. The van der Waals surface area contributed by atoms with Crippen LogP contribution in [0.1, 0.15) is 22.7 Å². The van der Waals surface area contributed by atoms with Gasteiger partial charge in [0, 0.05) is 16.8 Å². The highest BCUT2D eigenvalue weighted by Crippen LogP contribution is 2.30. The van der Waals surface area contributed by atoms with Crippen molar-refractivity contribution < 1.29 is 0 Å². The average molecular weight is 262 g/mol. The largest absolute Gasteiger partial charge is 0.383 e. The minimum atomic E-state index is -0.0499. The summed E-state index contributed by atoms with van der Waals surface area (Å²) in [6.07, 6.45) is 1.76. The molecule has 4 heteroatoms. The Morgan fingerprint density at radius 3 is 2.67 bits per heavy atom. The lowest BCUT2D eigenvalue weighted by Gasteiger charge is -2.20. The van der Waals surface area contributed by atoms with Crippen LogP contribution in [0.3, 0.4) is 0 Å². The van der Waals surface area contributed by atoms with Gasteiger partial charge in [-0.05, 0) is 37.2 Å². The SMILES string of the molecule is CNC(c1ccccc1Cl)c1cc(C)cnc1N. The van der Waals surface area contributed by atoms with Crippen LogP contribution in [0, 0.1) is 6.92 Å². The molecular weight excluding hydrogens is 246 g/mol. The van der Waals surface area contributed by atoms with Crippen LogP contribution in [0.15, 0.2) is 36.5 Å². The van der Waals surface area contributed by atoms with Crippen molar-refractivity contribution in [3.8, 4) is 0 Å². The number of rotatable bonds is 3. The zero-order chi connectivity index (χ0) is 13.1. The third-order valence-electron chi connectivity index (χ3n) is 2.90. The number of nitrogen functional groups attached to an aromatic ring is 1. The smallest absolute Gasteiger partial charge is 0.128 e. The first-order valence-corrected chi connectivity index (χ1v) is 6.15. The zero-order valence-corrected chi connectivity index (χ0v) is 11.2. The van der Waals surface area contributed by atoms with Gasteiger partial charge >= 0.3 is 0 Å². The van der Waals surface area contributed by atoms with Crippen molar-refractivity contribution in [2.45, 2.75) is 13.0 Å². The summed E-state index contributed by atoms with van der Waals surface area (Å²) in [5.74, 6) is 0.528. The molecule has 2 rings (SSSR count). The molecule has 0 aliphatic rings. The second-order valence-electron chi connectivity index (χ2n) is 4.23. The zero-order valence-electron chi connectivity index (χ0n) is 10.4. The second kappa shape index (κ2) is 5.38. The van der Waals surface area contributed by atoms with Gasteiger partial charge < -0.3 is 11.1 Å². The number of hydrogen-bond donors (Lipinski definition) is 2. The molecule has 1 heterocycles. The molecule has 0 fully saturated rings. The molecule has 1 aromatic heterocycles. The van der Waals surface area contributed by atoms with Gasteiger partial charge in [-0.2, -0.15) is 0 Å². The summed E-state index contributed by atoms with van der Waals surface area (Å²) in [5, 5.41) is 3.96. The van der Waals surface area contributed by atoms with Crippen molar-refractivity contribution in [1.29, 1.82) is 0 Å². The molecule has 1 unspecified atom stereocenters. The van der Waals surface area contributed by atoms with E-state index in [1.165, 1.54) is 0 Å². The first-order valence-electron chi connectivity index (χ1n) is 5.77. The van der Waals surface area contributed by atoms with Crippen LogP contribution in [0.2, 0.25) is 5.02 Å². The molecule has 2 aromatic rings. The van der Waals surface area contributed by atoms with Gasteiger partial charge in [0.25, 0.3) is 0 Å². The van der Waals surface area contributed by atoms with Crippen LogP contribution in [0.4, 0.5) is 5.82 Å². The Hall–Kier alpha value is -1.58. The summed E-state index contributed by atoms with van der Waals surface area (Å²) in [4.78, 5) is 4.20. The maximum Gasteiger partial charge on any atom is 0.128 e.